The van der Waals surface area contributed by atoms with E-state index in [1.165, 1.54) is 11.2 Å². The first-order chi connectivity index (χ1) is 13.2. The molecule has 3 aromatic rings. The Kier molecular flexibility index (Phi) is 4.60. The summed E-state index contributed by atoms with van der Waals surface area (Å²) in [5.74, 6) is 1.47. The van der Waals surface area contributed by atoms with E-state index in [4.69, 9.17) is 5.11 Å². The highest BCUT2D eigenvalue weighted by molar-refractivity contribution is 5.87. The molecule has 10 nitrogen and oxygen atoms in total. The molecule has 1 amide bonds. The highest BCUT2D eigenvalue weighted by atomic mass is 16.4. The van der Waals surface area contributed by atoms with Gasteiger partial charge in [-0.05, 0) is 30.9 Å². The van der Waals surface area contributed by atoms with Gasteiger partial charge in [0.2, 0.25) is 0 Å². The molecule has 1 saturated heterocycles. The van der Waals surface area contributed by atoms with Gasteiger partial charge in [-0.25, -0.2) is 19.7 Å². The van der Waals surface area contributed by atoms with Gasteiger partial charge in [0, 0.05) is 25.5 Å². The van der Waals surface area contributed by atoms with E-state index in [1.807, 2.05) is 24.4 Å². The van der Waals surface area contributed by atoms with Gasteiger partial charge in [-0.1, -0.05) is 6.07 Å². The van der Waals surface area contributed by atoms with Crippen molar-refractivity contribution < 1.29 is 9.90 Å². The number of hydrazone groups is 1. The molecular weight excluding hydrogens is 348 g/mol. The Morgan fingerprint density at radius 1 is 1.26 bits per heavy atom. The fourth-order valence-corrected chi connectivity index (χ4v) is 3.02. The number of nitrogens with zero attached hydrogens (tertiary/aromatic N) is 7. The van der Waals surface area contributed by atoms with E-state index in [9.17, 15) is 4.79 Å². The third-order valence-electron chi connectivity index (χ3n) is 4.50. The molecule has 27 heavy (non-hydrogen) atoms. The number of piperidine rings is 1. The number of pyridine rings is 1. The molecule has 0 atom stereocenters. The molecule has 138 valence electrons. The Morgan fingerprint density at radius 3 is 2.85 bits per heavy atom. The fraction of sp³-hybridized carbons (Fsp3) is 0.294. The molecular formula is C17H18N8O2. The van der Waals surface area contributed by atoms with E-state index in [0.29, 0.717) is 30.4 Å². The predicted molar refractivity (Wildman–Crippen MR) is 98.9 cm³/mol. The lowest BCUT2D eigenvalue weighted by Crippen LogP contribution is -2.37. The zero-order valence-electron chi connectivity index (χ0n) is 14.4. The van der Waals surface area contributed by atoms with Crippen molar-refractivity contribution in [1.29, 1.82) is 0 Å². The van der Waals surface area contributed by atoms with Crippen molar-refractivity contribution in [2.45, 2.75) is 12.8 Å². The van der Waals surface area contributed by atoms with Gasteiger partial charge in [0.1, 0.15) is 6.33 Å². The molecule has 1 aliphatic heterocycles. The normalized spacial score (nSPS) is 15.5. The van der Waals surface area contributed by atoms with Crippen LogP contribution in [0.25, 0.3) is 16.9 Å². The smallest absolute Gasteiger partial charge is 0.407 e. The summed E-state index contributed by atoms with van der Waals surface area (Å²) in [5.41, 5.74) is 3.58. The van der Waals surface area contributed by atoms with E-state index >= 15 is 0 Å². The highest BCUT2D eigenvalue weighted by Gasteiger charge is 2.21. The number of carboxylic acid groups (broad SMARTS) is 1. The average Bonchev–Trinajstić information content (AvgIpc) is 3.14. The number of hydrogen-bond donors (Lipinski definition) is 2. The van der Waals surface area contributed by atoms with Crippen LogP contribution >= 0.6 is 0 Å². The van der Waals surface area contributed by atoms with Gasteiger partial charge in [-0.3, -0.25) is 5.43 Å². The van der Waals surface area contributed by atoms with Crippen molar-refractivity contribution in [2.75, 3.05) is 18.5 Å². The number of nitrogens with one attached hydrogen (secondary N) is 1. The van der Waals surface area contributed by atoms with Crippen LogP contribution < -0.4 is 5.43 Å². The number of aromatic nitrogens is 5. The minimum Gasteiger partial charge on any atom is -0.465 e. The third-order valence-corrected chi connectivity index (χ3v) is 4.50. The molecule has 0 bridgehead atoms. The Morgan fingerprint density at radius 2 is 2.11 bits per heavy atom. The van der Waals surface area contributed by atoms with Gasteiger partial charge in [-0.15, -0.1) is 0 Å². The van der Waals surface area contributed by atoms with Gasteiger partial charge in [0.15, 0.2) is 17.3 Å². The first-order valence-electron chi connectivity index (χ1n) is 8.59. The maximum atomic E-state index is 10.9. The largest absolute Gasteiger partial charge is 0.465 e. The molecule has 3 aromatic heterocycles. The van der Waals surface area contributed by atoms with Crippen LogP contribution in [0.3, 0.4) is 0 Å². The van der Waals surface area contributed by atoms with Gasteiger partial charge in [0.25, 0.3) is 0 Å². The predicted octanol–water partition coefficient (Wildman–Crippen LogP) is 2.00. The van der Waals surface area contributed by atoms with Crippen LogP contribution in [0.5, 0.6) is 0 Å². The number of fused-ring (bicyclic) bond motifs is 1. The summed E-state index contributed by atoms with van der Waals surface area (Å²) >= 11 is 0. The standard InChI is InChI=1S/C17H18N8O2/c26-17(27)24-7-4-12(5-8-24)9-21-23-15-13-10-22-25(16(13)20-11-19-15)14-3-1-2-6-18-14/h1-3,6,9-12H,4-5,7-8H2,(H,26,27)(H,19,20,23)/b21-9+. The average molecular weight is 366 g/mol. The van der Waals surface area contributed by atoms with Crippen molar-refractivity contribution in [2.24, 2.45) is 11.0 Å². The number of anilines is 1. The van der Waals surface area contributed by atoms with Crippen molar-refractivity contribution in [3.63, 3.8) is 0 Å². The lowest BCUT2D eigenvalue weighted by molar-refractivity contribution is 0.131. The minimum absolute atomic E-state index is 0.238. The van der Waals surface area contributed by atoms with Crippen molar-refractivity contribution in [1.82, 2.24) is 29.6 Å². The first-order valence-corrected chi connectivity index (χ1v) is 8.59. The van der Waals surface area contributed by atoms with Crippen LogP contribution in [0.1, 0.15) is 12.8 Å². The van der Waals surface area contributed by atoms with Gasteiger partial charge in [0.05, 0.1) is 11.6 Å². The summed E-state index contributed by atoms with van der Waals surface area (Å²) in [7, 11) is 0. The SMILES string of the molecule is O=C(O)N1CCC(/C=N/Nc2ncnc3c2cnn3-c2ccccn2)CC1. The molecule has 4 heterocycles. The number of amides is 1. The summed E-state index contributed by atoms with van der Waals surface area (Å²) < 4.78 is 1.65. The second kappa shape index (κ2) is 7.36. The summed E-state index contributed by atoms with van der Waals surface area (Å²) in [6, 6.07) is 5.58. The molecule has 1 fully saturated rings. The fourth-order valence-electron chi connectivity index (χ4n) is 3.02. The number of carbonyl (C=O) groups is 1. The Bertz CT molecular complexity index is 963. The number of hydrogen-bond acceptors (Lipinski definition) is 7. The summed E-state index contributed by atoms with van der Waals surface area (Å²) in [5, 5.41) is 18.4. The monoisotopic (exact) mass is 366 g/mol. The maximum Gasteiger partial charge on any atom is 0.407 e. The Labute approximate surface area is 154 Å². The Balaban J connectivity index is 1.47. The maximum absolute atomic E-state index is 10.9. The lowest BCUT2D eigenvalue weighted by Gasteiger charge is -2.27. The second-order valence-corrected chi connectivity index (χ2v) is 6.20. The van der Waals surface area contributed by atoms with Crippen LogP contribution in [0.4, 0.5) is 10.6 Å². The lowest BCUT2D eigenvalue weighted by atomic mass is 9.99. The van der Waals surface area contributed by atoms with E-state index in [1.54, 1.807) is 17.1 Å². The topological polar surface area (TPSA) is 121 Å². The molecule has 0 aromatic carbocycles. The van der Waals surface area contributed by atoms with E-state index in [-0.39, 0.29) is 5.92 Å². The molecule has 10 heteroatoms. The summed E-state index contributed by atoms with van der Waals surface area (Å²) in [6.45, 7) is 1.06. The molecule has 0 spiro atoms. The molecule has 0 unspecified atom stereocenters. The van der Waals surface area contributed by atoms with E-state index in [2.05, 4.69) is 30.6 Å². The van der Waals surface area contributed by atoms with Crippen LogP contribution in [-0.2, 0) is 0 Å². The van der Waals surface area contributed by atoms with Crippen LogP contribution in [0.2, 0.25) is 0 Å². The Hall–Kier alpha value is -3.56. The highest BCUT2D eigenvalue weighted by Crippen LogP contribution is 2.21. The zero-order chi connectivity index (χ0) is 18.6. The van der Waals surface area contributed by atoms with E-state index < -0.39 is 6.09 Å². The summed E-state index contributed by atoms with van der Waals surface area (Å²) in [4.78, 5) is 25.2. The molecule has 1 aliphatic rings. The second-order valence-electron chi connectivity index (χ2n) is 6.20. The molecule has 0 saturated carbocycles. The number of likely N-dealkylation sites (tertiary alicyclic amines) is 1. The van der Waals surface area contributed by atoms with E-state index in [0.717, 1.165) is 18.2 Å². The van der Waals surface area contributed by atoms with Gasteiger partial charge < -0.3 is 10.0 Å². The van der Waals surface area contributed by atoms with Gasteiger partial charge in [-0.2, -0.15) is 14.9 Å². The third kappa shape index (κ3) is 3.54. The quantitative estimate of drug-likeness (QED) is 0.535. The zero-order valence-corrected chi connectivity index (χ0v) is 14.4. The molecule has 2 N–H and O–H groups in total. The molecule has 0 aliphatic carbocycles. The van der Waals surface area contributed by atoms with Crippen molar-refractivity contribution in [3.05, 3.63) is 36.9 Å². The van der Waals surface area contributed by atoms with Gasteiger partial charge >= 0.3 is 6.09 Å². The minimum atomic E-state index is -0.864. The van der Waals surface area contributed by atoms with Crippen molar-refractivity contribution >= 4 is 29.2 Å². The molecule has 4 rings (SSSR count). The van der Waals surface area contributed by atoms with Crippen LogP contribution in [0.15, 0.2) is 42.0 Å². The summed E-state index contributed by atoms with van der Waals surface area (Å²) in [6.07, 6.45) is 7.29. The van der Waals surface area contributed by atoms with Crippen LogP contribution in [-0.4, -0.2) is 60.1 Å². The number of rotatable bonds is 4. The van der Waals surface area contributed by atoms with Crippen LogP contribution in [0, 0.1) is 5.92 Å². The molecule has 0 radical (unpaired) electrons. The first kappa shape index (κ1) is 16.9. The van der Waals surface area contributed by atoms with Crippen molar-refractivity contribution in [3.8, 4) is 5.82 Å².